The molecule has 0 saturated carbocycles. The zero-order valence-electron chi connectivity index (χ0n) is 14.7. The number of amides is 1. The second-order valence-corrected chi connectivity index (χ2v) is 9.82. The van der Waals surface area contributed by atoms with Crippen molar-refractivity contribution in [2.75, 3.05) is 5.32 Å². The average molecular weight is 395 g/mol. The summed E-state index contributed by atoms with van der Waals surface area (Å²) in [5, 5.41) is 11.4. The second kappa shape index (κ2) is 7.15. The van der Waals surface area contributed by atoms with Crippen LogP contribution in [0.25, 0.3) is 0 Å². The maximum Gasteiger partial charge on any atom is 0.256 e. The maximum absolute atomic E-state index is 13.4. The van der Waals surface area contributed by atoms with Gasteiger partial charge in [-0.3, -0.25) is 4.79 Å². The molecule has 1 aromatic carbocycles. The minimum absolute atomic E-state index is 0.0342. The molecule has 1 aromatic heterocycles. The van der Waals surface area contributed by atoms with E-state index in [0.29, 0.717) is 4.88 Å². The minimum atomic E-state index is -3.75. The normalized spacial score (nSPS) is 11.8. The standard InChI is InChI=1S/C17H18FN3O3S2/c1-10-13(8-15(25-10)26(23,24)21-17(2,3)4)16(22)20-12-5-6-14(18)11(7-12)9-19/h5-8,21H,1-4H3,(H,20,22). The van der Waals surface area contributed by atoms with Crippen molar-refractivity contribution in [3.63, 3.8) is 0 Å². The predicted octanol–water partition coefficient (Wildman–Crippen LogP) is 3.40. The van der Waals surface area contributed by atoms with E-state index in [4.69, 9.17) is 5.26 Å². The van der Waals surface area contributed by atoms with E-state index in [9.17, 15) is 17.6 Å². The fourth-order valence-electron chi connectivity index (χ4n) is 2.15. The number of thiophene rings is 1. The average Bonchev–Trinajstić information content (AvgIpc) is 2.90. The summed E-state index contributed by atoms with van der Waals surface area (Å²) in [6.07, 6.45) is 0. The number of nitrogens with one attached hydrogen (secondary N) is 2. The monoisotopic (exact) mass is 395 g/mol. The number of anilines is 1. The molecule has 0 radical (unpaired) electrons. The molecule has 6 nitrogen and oxygen atoms in total. The zero-order valence-corrected chi connectivity index (χ0v) is 16.3. The first-order valence-corrected chi connectivity index (χ1v) is 9.88. The molecule has 2 N–H and O–H groups in total. The number of hydrogen-bond acceptors (Lipinski definition) is 5. The first kappa shape index (κ1) is 20.0. The summed E-state index contributed by atoms with van der Waals surface area (Å²) in [7, 11) is -3.75. The van der Waals surface area contributed by atoms with Gasteiger partial charge in [-0.25, -0.2) is 17.5 Å². The van der Waals surface area contributed by atoms with E-state index < -0.39 is 27.3 Å². The van der Waals surface area contributed by atoms with Gasteiger partial charge < -0.3 is 5.32 Å². The summed E-state index contributed by atoms with van der Waals surface area (Å²) in [6, 6.07) is 6.62. The Labute approximate surface area is 155 Å². The van der Waals surface area contributed by atoms with Crippen LogP contribution in [0.15, 0.2) is 28.5 Å². The summed E-state index contributed by atoms with van der Waals surface area (Å²) in [5.74, 6) is -1.22. The number of carbonyl (C=O) groups is 1. The molecule has 26 heavy (non-hydrogen) atoms. The van der Waals surface area contributed by atoms with Gasteiger partial charge in [0.2, 0.25) is 0 Å². The van der Waals surface area contributed by atoms with Crippen molar-refractivity contribution in [2.24, 2.45) is 0 Å². The van der Waals surface area contributed by atoms with Crippen molar-refractivity contribution in [3.05, 3.63) is 46.1 Å². The van der Waals surface area contributed by atoms with Gasteiger partial charge in [0, 0.05) is 16.1 Å². The van der Waals surface area contributed by atoms with Crippen LogP contribution >= 0.6 is 11.3 Å². The highest BCUT2D eigenvalue weighted by Gasteiger charge is 2.26. The number of halogens is 1. The second-order valence-electron chi connectivity index (χ2n) is 6.65. The molecule has 2 aromatic rings. The summed E-state index contributed by atoms with van der Waals surface area (Å²) in [6.45, 7) is 6.81. The quantitative estimate of drug-likeness (QED) is 0.829. The molecule has 1 amide bonds. The predicted molar refractivity (Wildman–Crippen MR) is 98.2 cm³/mol. The minimum Gasteiger partial charge on any atom is -0.322 e. The molecule has 0 aliphatic heterocycles. The highest BCUT2D eigenvalue weighted by Crippen LogP contribution is 2.27. The van der Waals surface area contributed by atoms with Gasteiger partial charge in [0.15, 0.2) is 0 Å². The van der Waals surface area contributed by atoms with Crippen LogP contribution in [-0.2, 0) is 10.0 Å². The van der Waals surface area contributed by atoms with Gasteiger partial charge >= 0.3 is 0 Å². The van der Waals surface area contributed by atoms with Gasteiger partial charge in [-0.15, -0.1) is 11.3 Å². The zero-order chi connectivity index (χ0) is 19.7. The number of carbonyl (C=O) groups excluding carboxylic acids is 1. The van der Waals surface area contributed by atoms with Crippen LogP contribution in [0.3, 0.4) is 0 Å². The van der Waals surface area contributed by atoms with Gasteiger partial charge in [-0.1, -0.05) is 0 Å². The molecule has 0 aliphatic carbocycles. The molecule has 0 fully saturated rings. The smallest absolute Gasteiger partial charge is 0.256 e. The van der Waals surface area contributed by atoms with E-state index in [-0.39, 0.29) is 21.0 Å². The van der Waals surface area contributed by atoms with Crippen molar-refractivity contribution in [1.82, 2.24) is 4.72 Å². The lowest BCUT2D eigenvalue weighted by molar-refractivity contribution is 0.102. The van der Waals surface area contributed by atoms with Crippen LogP contribution in [0.2, 0.25) is 0 Å². The van der Waals surface area contributed by atoms with Crippen LogP contribution in [0.5, 0.6) is 0 Å². The van der Waals surface area contributed by atoms with Crippen molar-refractivity contribution >= 4 is 33.0 Å². The summed E-state index contributed by atoms with van der Waals surface area (Å²) < 4.78 is 40.7. The molecule has 0 aliphatic rings. The first-order chi connectivity index (χ1) is 11.9. The fourth-order valence-corrected chi connectivity index (χ4v) is 5.01. The molecule has 0 bridgehead atoms. The molecular weight excluding hydrogens is 377 g/mol. The van der Waals surface area contributed by atoms with Crippen molar-refractivity contribution in [2.45, 2.75) is 37.4 Å². The number of aryl methyl sites for hydroxylation is 1. The Balaban J connectivity index is 2.29. The van der Waals surface area contributed by atoms with Crippen LogP contribution in [0.1, 0.15) is 41.6 Å². The summed E-state index contributed by atoms with van der Waals surface area (Å²) in [5.41, 5.74) is -0.397. The van der Waals surface area contributed by atoms with Crippen LogP contribution in [0, 0.1) is 24.1 Å². The Morgan fingerprint density at radius 1 is 1.27 bits per heavy atom. The summed E-state index contributed by atoms with van der Waals surface area (Å²) >= 11 is 0.987. The topological polar surface area (TPSA) is 99.1 Å². The third-order valence-electron chi connectivity index (χ3n) is 3.19. The van der Waals surface area contributed by atoms with Crippen LogP contribution < -0.4 is 10.0 Å². The highest BCUT2D eigenvalue weighted by molar-refractivity contribution is 7.91. The Morgan fingerprint density at radius 3 is 2.50 bits per heavy atom. The number of benzene rings is 1. The Bertz CT molecular complexity index is 999. The molecule has 0 unspecified atom stereocenters. The Hall–Kier alpha value is -2.28. The number of nitriles is 1. The molecule has 9 heteroatoms. The van der Waals surface area contributed by atoms with Gasteiger partial charge in [-0.2, -0.15) is 5.26 Å². The molecule has 0 atom stereocenters. The fraction of sp³-hybridized carbons (Fsp3) is 0.294. The van der Waals surface area contributed by atoms with E-state index in [0.717, 1.165) is 17.4 Å². The van der Waals surface area contributed by atoms with Gasteiger partial charge in [0.05, 0.1) is 11.1 Å². The summed E-state index contributed by atoms with van der Waals surface area (Å²) in [4.78, 5) is 13.0. The first-order valence-electron chi connectivity index (χ1n) is 7.58. The molecular formula is C17H18FN3O3S2. The van der Waals surface area contributed by atoms with E-state index in [1.807, 2.05) is 0 Å². The lowest BCUT2D eigenvalue weighted by atomic mass is 10.1. The third kappa shape index (κ3) is 4.66. The molecule has 138 valence electrons. The van der Waals surface area contributed by atoms with E-state index in [1.54, 1.807) is 33.8 Å². The Morgan fingerprint density at radius 2 is 1.92 bits per heavy atom. The SMILES string of the molecule is Cc1sc(S(=O)(=O)NC(C)(C)C)cc1C(=O)Nc1ccc(F)c(C#N)c1. The van der Waals surface area contributed by atoms with E-state index in [1.165, 1.54) is 18.2 Å². The third-order valence-corrected chi connectivity index (χ3v) is 6.47. The molecule has 0 spiro atoms. The maximum atomic E-state index is 13.4. The molecule has 0 saturated heterocycles. The van der Waals surface area contributed by atoms with Gasteiger partial charge in [0.25, 0.3) is 15.9 Å². The van der Waals surface area contributed by atoms with Gasteiger partial charge in [0.1, 0.15) is 16.1 Å². The van der Waals surface area contributed by atoms with Gasteiger partial charge in [-0.05, 0) is 52.0 Å². The molecule has 2 rings (SSSR count). The van der Waals surface area contributed by atoms with Crippen molar-refractivity contribution in [1.29, 1.82) is 5.26 Å². The van der Waals surface area contributed by atoms with E-state index in [2.05, 4.69) is 10.0 Å². The Kier molecular flexibility index (Phi) is 5.51. The largest absolute Gasteiger partial charge is 0.322 e. The lowest BCUT2D eigenvalue weighted by Gasteiger charge is -2.19. The lowest BCUT2D eigenvalue weighted by Crippen LogP contribution is -2.40. The van der Waals surface area contributed by atoms with Crippen molar-refractivity contribution < 1.29 is 17.6 Å². The number of rotatable bonds is 4. The van der Waals surface area contributed by atoms with Crippen LogP contribution in [0.4, 0.5) is 10.1 Å². The van der Waals surface area contributed by atoms with E-state index >= 15 is 0 Å². The number of hydrogen-bond donors (Lipinski definition) is 2. The van der Waals surface area contributed by atoms with Crippen molar-refractivity contribution in [3.8, 4) is 6.07 Å². The molecule has 1 heterocycles. The number of sulfonamides is 1. The number of nitrogens with zero attached hydrogens (tertiary/aromatic N) is 1. The highest BCUT2D eigenvalue weighted by atomic mass is 32.2. The van der Waals surface area contributed by atoms with Crippen LogP contribution in [-0.4, -0.2) is 19.9 Å².